The van der Waals surface area contributed by atoms with Crippen molar-refractivity contribution in [2.75, 3.05) is 13.2 Å². The van der Waals surface area contributed by atoms with E-state index in [-0.39, 0.29) is 0 Å². The second kappa shape index (κ2) is 6.63. The van der Waals surface area contributed by atoms with Crippen molar-refractivity contribution in [2.24, 2.45) is 0 Å². The number of hydrogen-bond donors (Lipinski definition) is 1. The normalized spacial score (nSPS) is 18.7. The molecular weight excluding hydrogens is 326 g/mol. The molecule has 21 heavy (non-hydrogen) atoms. The van der Waals surface area contributed by atoms with Crippen LogP contribution in [0.1, 0.15) is 36.4 Å². The van der Waals surface area contributed by atoms with Crippen LogP contribution in [0.4, 0.5) is 0 Å². The minimum absolute atomic E-state index is 0.345. The van der Waals surface area contributed by atoms with Crippen molar-refractivity contribution in [3.63, 3.8) is 0 Å². The molecule has 1 N–H and O–H groups in total. The van der Waals surface area contributed by atoms with Gasteiger partial charge in [0.2, 0.25) is 0 Å². The van der Waals surface area contributed by atoms with Crippen LogP contribution in [0.2, 0.25) is 0 Å². The summed E-state index contributed by atoms with van der Waals surface area (Å²) >= 11 is 3.54. The second-order valence-corrected chi connectivity index (χ2v) is 6.47. The molecule has 0 bridgehead atoms. The quantitative estimate of drug-likeness (QED) is 0.869. The van der Waals surface area contributed by atoms with Crippen LogP contribution in [-0.2, 0) is 0 Å². The zero-order chi connectivity index (χ0) is 14.7. The van der Waals surface area contributed by atoms with Crippen LogP contribution in [-0.4, -0.2) is 13.2 Å². The summed E-state index contributed by atoms with van der Waals surface area (Å²) in [6.45, 7) is 4.01. The van der Waals surface area contributed by atoms with Gasteiger partial charge in [-0.2, -0.15) is 0 Å². The van der Waals surface area contributed by atoms with E-state index in [2.05, 4.69) is 70.6 Å². The number of rotatable bonds is 4. The number of halogens is 1. The third-order valence-corrected chi connectivity index (χ3v) is 4.60. The summed E-state index contributed by atoms with van der Waals surface area (Å²) in [6, 6.07) is 17.2. The first kappa shape index (κ1) is 14.6. The van der Waals surface area contributed by atoms with E-state index < -0.39 is 0 Å². The first-order chi connectivity index (χ1) is 10.2. The molecule has 0 saturated heterocycles. The molecule has 1 unspecified atom stereocenters. The SMILES string of the molecule is C[C@@H](NCC1CCOc2ccccc21)c1cccc(Br)c1. The Morgan fingerprint density at radius 1 is 1.24 bits per heavy atom. The largest absolute Gasteiger partial charge is 0.493 e. The highest BCUT2D eigenvalue weighted by Crippen LogP contribution is 2.33. The van der Waals surface area contributed by atoms with Gasteiger partial charge in [0.15, 0.2) is 0 Å². The minimum atomic E-state index is 0.345. The third kappa shape index (κ3) is 3.47. The van der Waals surface area contributed by atoms with Gasteiger partial charge in [-0.1, -0.05) is 46.3 Å². The van der Waals surface area contributed by atoms with Crippen LogP contribution in [0.3, 0.4) is 0 Å². The van der Waals surface area contributed by atoms with Gasteiger partial charge in [0.05, 0.1) is 6.61 Å². The summed E-state index contributed by atoms with van der Waals surface area (Å²) in [5, 5.41) is 3.66. The van der Waals surface area contributed by atoms with Crippen LogP contribution in [0.25, 0.3) is 0 Å². The van der Waals surface area contributed by atoms with E-state index in [1.54, 1.807) is 0 Å². The standard InChI is InChI=1S/C18H20BrNO/c1-13(14-5-4-6-16(19)11-14)20-12-15-9-10-21-18-8-3-2-7-17(15)18/h2-8,11,13,15,20H,9-10,12H2,1H3/t13-,15?/m1/s1. The molecule has 0 amide bonds. The summed E-state index contributed by atoms with van der Waals surface area (Å²) in [6.07, 6.45) is 1.08. The fourth-order valence-electron chi connectivity index (χ4n) is 2.84. The number of nitrogens with one attached hydrogen (secondary N) is 1. The topological polar surface area (TPSA) is 21.3 Å². The Balaban J connectivity index is 1.66. The molecule has 1 aliphatic rings. The van der Waals surface area contributed by atoms with Crippen LogP contribution in [0, 0.1) is 0 Å². The van der Waals surface area contributed by atoms with E-state index in [9.17, 15) is 0 Å². The van der Waals surface area contributed by atoms with Crippen LogP contribution >= 0.6 is 15.9 Å². The number of fused-ring (bicyclic) bond motifs is 1. The Hall–Kier alpha value is -1.32. The highest BCUT2D eigenvalue weighted by Gasteiger charge is 2.21. The minimum Gasteiger partial charge on any atom is -0.493 e. The number of hydrogen-bond acceptors (Lipinski definition) is 2. The van der Waals surface area contributed by atoms with Crippen LogP contribution < -0.4 is 10.1 Å². The molecule has 110 valence electrons. The summed E-state index contributed by atoms with van der Waals surface area (Å²) in [5.41, 5.74) is 2.64. The number of benzene rings is 2. The molecule has 0 saturated carbocycles. The van der Waals surface area contributed by atoms with Gasteiger partial charge >= 0.3 is 0 Å². The van der Waals surface area contributed by atoms with Gasteiger partial charge in [-0.05, 0) is 42.7 Å². The predicted octanol–water partition coefficient (Wildman–Crippen LogP) is 4.67. The maximum absolute atomic E-state index is 5.73. The Labute approximate surface area is 134 Å². The Morgan fingerprint density at radius 3 is 2.95 bits per heavy atom. The molecule has 0 aromatic heterocycles. The molecule has 2 aromatic carbocycles. The molecule has 0 radical (unpaired) electrons. The van der Waals surface area contributed by atoms with Crippen molar-refractivity contribution in [2.45, 2.75) is 25.3 Å². The molecule has 3 heteroatoms. The highest BCUT2D eigenvalue weighted by molar-refractivity contribution is 9.10. The lowest BCUT2D eigenvalue weighted by Crippen LogP contribution is -2.28. The maximum atomic E-state index is 5.73. The van der Waals surface area contributed by atoms with Crippen molar-refractivity contribution < 1.29 is 4.74 Å². The summed E-state index contributed by atoms with van der Waals surface area (Å²) in [7, 11) is 0. The molecular formula is C18H20BrNO. The number of para-hydroxylation sites is 1. The van der Waals surface area contributed by atoms with Crippen molar-refractivity contribution in [3.8, 4) is 5.75 Å². The molecule has 1 heterocycles. The first-order valence-electron chi connectivity index (χ1n) is 7.44. The van der Waals surface area contributed by atoms with E-state index in [1.165, 1.54) is 11.1 Å². The second-order valence-electron chi connectivity index (χ2n) is 5.56. The zero-order valence-corrected chi connectivity index (χ0v) is 13.8. The van der Waals surface area contributed by atoms with E-state index in [1.807, 2.05) is 6.07 Å². The Kier molecular flexibility index (Phi) is 4.61. The van der Waals surface area contributed by atoms with Gasteiger partial charge < -0.3 is 10.1 Å². The monoisotopic (exact) mass is 345 g/mol. The molecule has 0 aliphatic carbocycles. The fraction of sp³-hybridized carbons (Fsp3) is 0.333. The summed E-state index contributed by atoms with van der Waals surface area (Å²) in [5.74, 6) is 1.58. The van der Waals surface area contributed by atoms with Gasteiger partial charge in [-0.25, -0.2) is 0 Å². The molecule has 0 fully saturated rings. The Morgan fingerprint density at radius 2 is 2.10 bits per heavy atom. The van der Waals surface area contributed by atoms with Crippen molar-refractivity contribution in [1.29, 1.82) is 0 Å². The average Bonchev–Trinajstić information content (AvgIpc) is 2.52. The zero-order valence-electron chi connectivity index (χ0n) is 12.2. The van der Waals surface area contributed by atoms with Gasteiger partial charge in [-0.15, -0.1) is 0 Å². The highest BCUT2D eigenvalue weighted by atomic mass is 79.9. The van der Waals surface area contributed by atoms with E-state index in [4.69, 9.17) is 4.74 Å². The molecule has 2 nitrogen and oxygen atoms in total. The summed E-state index contributed by atoms with van der Waals surface area (Å²) < 4.78 is 6.86. The van der Waals surface area contributed by atoms with Crippen LogP contribution in [0.15, 0.2) is 53.0 Å². The maximum Gasteiger partial charge on any atom is 0.122 e. The van der Waals surface area contributed by atoms with Gasteiger partial charge in [0, 0.05) is 23.0 Å². The summed E-state index contributed by atoms with van der Waals surface area (Å²) in [4.78, 5) is 0. The first-order valence-corrected chi connectivity index (χ1v) is 8.24. The predicted molar refractivity (Wildman–Crippen MR) is 89.9 cm³/mol. The van der Waals surface area contributed by atoms with E-state index in [0.717, 1.165) is 29.8 Å². The fourth-order valence-corrected chi connectivity index (χ4v) is 3.26. The Bertz CT molecular complexity index is 614. The van der Waals surface area contributed by atoms with E-state index >= 15 is 0 Å². The lowest BCUT2D eigenvalue weighted by molar-refractivity contribution is 0.263. The molecule has 3 rings (SSSR count). The lowest BCUT2D eigenvalue weighted by Gasteiger charge is -2.27. The van der Waals surface area contributed by atoms with Crippen molar-refractivity contribution in [1.82, 2.24) is 5.32 Å². The van der Waals surface area contributed by atoms with Gasteiger partial charge in [0.25, 0.3) is 0 Å². The molecule has 2 atom stereocenters. The molecule has 1 aliphatic heterocycles. The van der Waals surface area contributed by atoms with Gasteiger partial charge in [-0.3, -0.25) is 0 Å². The third-order valence-electron chi connectivity index (χ3n) is 4.10. The number of ether oxygens (including phenoxy) is 1. The lowest BCUT2D eigenvalue weighted by atomic mass is 9.92. The smallest absolute Gasteiger partial charge is 0.122 e. The van der Waals surface area contributed by atoms with Crippen molar-refractivity contribution >= 4 is 15.9 Å². The molecule has 0 spiro atoms. The average molecular weight is 346 g/mol. The van der Waals surface area contributed by atoms with Gasteiger partial charge in [0.1, 0.15) is 5.75 Å². The molecule has 2 aromatic rings. The van der Waals surface area contributed by atoms with Crippen LogP contribution in [0.5, 0.6) is 5.75 Å². The van der Waals surface area contributed by atoms with Crippen molar-refractivity contribution in [3.05, 3.63) is 64.1 Å². The van der Waals surface area contributed by atoms with E-state index in [0.29, 0.717) is 12.0 Å².